The standard InChI is InChI=1S/C23H25NO4/c1-16-8-11-20-19(14-27-21(20)12-16)13-23(26)28-15-22(25)24-17(2)9-10-18-6-4-3-5-7-18/h3-8,11-12,14,17H,9-10,13,15H2,1-2H3,(H,24,25)/t17-/m1/s1. The van der Waals surface area contributed by atoms with E-state index in [-0.39, 0.29) is 25.0 Å². The van der Waals surface area contributed by atoms with Crippen LogP contribution in [0, 0.1) is 6.92 Å². The Morgan fingerprint density at radius 3 is 2.71 bits per heavy atom. The van der Waals surface area contributed by atoms with Crippen molar-refractivity contribution in [2.75, 3.05) is 6.61 Å². The summed E-state index contributed by atoms with van der Waals surface area (Å²) in [7, 11) is 0. The molecule has 3 rings (SSSR count). The number of rotatable bonds is 8. The molecule has 2 aromatic carbocycles. The maximum Gasteiger partial charge on any atom is 0.310 e. The molecule has 3 aromatic rings. The molecule has 0 spiro atoms. The maximum atomic E-state index is 12.1. The summed E-state index contributed by atoms with van der Waals surface area (Å²) in [4.78, 5) is 24.1. The molecule has 0 aliphatic heterocycles. The zero-order valence-electron chi connectivity index (χ0n) is 16.2. The van der Waals surface area contributed by atoms with Gasteiger partial charge < -0.3 is 14.5 Å². The highest BCUT2D eigenvalue weighted by molar-refractivity contribution is 5.87. The first-order valence-electron chi connectivity index (χ1n) is 9.47. The lowest BCUT2D eigenvalue weighted by molar-refractivity contribution is -0.148. The predicted octanol–water partition coefficient (Wildman–Crippen LogP) is 3.96. The first-order chi connectivity index (χ1) is 13.5. The second kappa shape index (κ2) is 9.22. The normalized spacial score (nSPS) is 11.9. The number of carbonyl (C=O) groups is 2. The summed E-state index contributed by atoms with van der Waals surface area (Å²) in [5.41, 5.74) is 3.83. The first-order valence-corrected chi connectivity index (χ1v) is 9.47. The van der Waals surface area contributed by atoms with Crippen molar-refractivity contribution in [2.24, 2.45) is 0 Å². The zero-order valence-corrected chi connectivity index (χ0v) is 16.2. The molecule has 0 unspecified atom stereocenters. The van der Waals surface area contributed by atoms with Crippen LogP contribution in [0.2, 0.25) is 0 Å². The molecular formula is C23H25NO4. The van der Waals surface area contributed by atoms with Gasteiger partial charge in [0.25, 0.3) is 5.91 Å². The van der Waals surface area contributed by atoms with Crippen molar-refractivity contribution in [3.63, 3.8) is 0 Å². The smallest absolute Gasteiger partial charge is 0.310 e. The van der Waals surface area contributed by atoms with E-state index in [9.17, 15) is 9.59 Å². The Balaban J connectivity index is 1.41. The number of hydrogen-bond donors (Lipinski definition) is 1. The Morgan fingerprint density at radius 1 is 1.14 bits per heavy atom. The highest BCUT2D eigenvalue weighted by Gasteiger charge is 2.14. The number of ether oxygens (including phenoxy) is 1. The quantitative estimate of drug-likeness (QED) is 0.602. The third-order valence-electron chi connectivity index (χ3n) is 4.63. The molecule has 0 aliphatic rings. The number of carbonyl (C=O) groups excluding carboxylic acids is 2. The lowest BCUT2D eigenvalue weighted by atomic mass is 10.1. The molecule has 1 aromatic heterocycles. The van der Waals surface area contributed by atoms with Gasteiger partial charge in [0.2, 0.25) is 0 Å². The van der Waals surface area contributed by atoms with Crippen LogP contribution in [-0.4, -0.2) is 24.5 Å². The second-order valence-corrected chi connectivity index (χ2v) is 7.09. The van der Waals surface area contributed by atoms with E-state index in [0.29, 0.717) is 0 Å². The number of amides is 1. The average Bonchev–Trinajstić information content (AvgIpc) is 3.07. The largest absolute Gasteiger partial charge is 0.464 e. The molecule has 0 saturated heterocycles. The average molecular weight is 379 g/mol. The minimum absolute atomic E-state index is 0.00691. The molecule has 5 nitrogen and oxygen atoms in total. The summed E-state index contributed by atoms with van der Waals surface area (Å²) >= 11 is 0. The van der Waals surface area contributed by atoms with Crippen LogP contribution in [0.5, 0.6) is 0 Å². The fourth-order valence-electron chi connectivity index (χ4n) is 3.10. The van der Waals surface area contributed by atoms with Gasteiger partial charge in [-0.15, -0.1) is 0 Å². The first kappa shape index (κ1) is 19.7. The van der Waals surface area contributed by atoms with Crippen molar-refractivity contribution in [1.82, 2.24) is 5.32 Å². The molecule has 0 radical (unpaired) electrons. The molecule has 0 bridgehead atoms. The van der Waals surface area contributed by atoms with Gasteiger partial charge in [0.1, 0.15) is 5.58 Å². The van der Waals surface area contributed by atoms with Crippen molar-refractivity contribution >= 4 is 22.8 Å². The minimum Gasteiger partial charge on any atom is -0.464 e. The van der Waals surface area contributed by atoms with E-state index in [2.05, 4.69) is 17.4 Å². The molecule has 5 heteroatoms. The highest BCUT2D eigenvalue weighted by Crippen LogP contribution is 2.22. The van der Waals surface area contributed by atoms with Gasteiger partial charge in [-0.05, 0) is 43.9 Å². The van der Waals surface area contributed by atoms with E-state index >= 15 is 0 Å². The SMILES string of the molecule is Cc1ccc2c(CC(=O)OCC(=O)N[C@H](C)CCc3ccccc3)coc2c1. The molecular weight excluding hydrogens is 354 g/mol. The monoisotopic (exact) mass is 379 g/mol. The molecule has 0 fully saturated rings. The van der Waals surface area contributed by atoms with Gasteiger partial charge in [-0.25, -0.2) is 0 Å². The maximum absolute atomic E-state index is 12.1. The van der Waals surface area contributed by atoms with E-state index in [1.807, 2.05) is 50.2 Å². The van der Waals surface area contributed by atoms with Crippen LogP contribution in [0.4, 0.5) is 0 Å². The van der Waals surface area contributed by atoms with Crippen molar-refractivity contribution in [1.29, 1.82) is 0 Å². The molecule has 1 heterocycles. The molecule has 1 N–H and O–H groups in total. The Kier molecular flexibility index (Phi) is 6.48. The van der Waals surface area contributed by atoms with E-state index in [1.54, 1.807) is 6.26 Å². The molecule has 0 aliphatic carbocycles. The Bertz CT molecular complexity index is 946. The van der Waals surface area contributed by atoms with Gasteiger partial charge in [0, 0.05) is 17.0 Å². The van der Waals surface area contributed by atoms with Crippen LogP contribution < -0.4 is 5.32 Å². The topological polar surface area (TPSA) is 68.5 Å². The Morgan fingerprint density at radius 2 is 1.93 bits per heavy atom. The summed E-state index contributed by atoms with van der Waals surface area (Å²) in [6, 6.07) is 16.0. The van der Waals surface area contributed by atoms with E-state index < -0.39 is 5.97 Å². The number of benzene rings is 2. The second-order valence-electron chi connectivity index (χ2n) is 7.09. The van der Waals surface area contributed by atoms with Crippen LogP contribution in [0.1, 0.15) is 30.0 Å². The molecule has 28 heavy (non-hydrogen) atoms. The van der Waals surface area contributed by atoms with Gasteiger partial charge in [0.05, 0.1) is 12.7 Å². The van der Waals surface area contributed by atoms with Crippen LogP contribution in [-0.2, 0) is 27.2 Å². The van der Waals surface area contributed by atoms with Crippen molar-refractivity contribution in [3.8, 4) is 0 Å². The molecule has 0 saturated carbocycles. The lowest BCUT2D eigenvalue weighted by Gasteiger charge is -2.14. The molecule has 1 atom stereocenters. The molecule has 1 amide bonds. The predicted molar refractivity (Wildman–Crippen MR) is 108 cm³/mol. The third kappa shape index (κ3) is 5.46. The van der Waals surface area contributed by atoms with E-state index in [1.165, 1.54) is 5.56 Å². The zero-order chi connectivity index (χ0) is 19.9. The van der Waals surface area contributed by atoms with Gasteiger partial charge in [-0.3, -0.25) is 9.59 Å². The summed E-state index contributed by atoms with van der Waals surface area (Å²) in [5.74, 6) is -0.739. The summed E-state index contributed by atoms with van der Waals surface area (Å²) in [5, 5.41) is 3.76. The fraction of sp³-hybridized carbons (Fsp3) is 0.304. The molecule has 146 valence electrons. The van der Waals surface area contributed by atoms with Crippen molar-refractivity contribution < 1.29 is 18.7 Å². The summed E-state index contributed by atoms with van der Waals surface area (Å²) in [6.07, 6.45) is 3.35. The Labute approximate surface area is 164 Å². The fourth-order valence-corrected chi connectivity index (χ4v) is 3.10. The van der Waals surface area contributed by atoms with Crippen molar-refractivity contribution in [2.45, 2.75) is 39.2 Å². The van der Waals surface area contributed by atoms with E-state index in [0.717, 1.165) is 34.9 Å². The number of aryl methyl sites for hydroxylation is 2. The van der Waals surface area contributed by atoms with Crippen molar-refractivity contribution in [3.05, 3.63) is 71.5 Å². The van der Waals surface area contributed by atoms with Gasteiger partial charge in [-0.2, -0.15) is 0 Å². The number of esters is 1. The summed E-state index contributed by atoms with van der Waals surface area (Å²) < 4.78 is 10.6. The van der Waals surface area contributed by atoms with Gasteiger partial charge >= 0.3 is 5.97 Å². The highest BCUT2D eigenvalue weighted by atomic mass is 16.5. The lowest BCUT2D eigenvalue weighted by Crippen LogP contribution is -2.36. The number of nitrogens with one attached hydrogen (secondary N) is 1. The minimum atomic E-state index is -0.449. The number of furan rings is 1. The van der Waals surface area contributed by atoms with Gasteiger partial charge in [-0.1, -0.05) is 42.5 Å². The van der Waals surface area contributed by atoms with Crippen LogP contribution in [0.15, 0.2) is 59.2 Å². The number of fused-ring (bicyclic) bond motifs is 1. The summed E-state index contributed by atoms with van der Waals surface area (Å²) in [6.45, 7) is 3.65. The van der Waals surface area contributed by atoms with Crippen LogP contribution in [0.25, 0.3) is 11.0 Å². The third-order valence-corrected chi connectivity index (χ3v) is 4.63. The Hall–Kier alpha value is -3.08. The van der Waals surface area contributed by atoms with Crippen LogP contribution in [0.3, 0.4) is 0 Å². The van der Waals surface area contributed by atoms with Gasteiger partial charge in [0.15, 0.2) is 6.61 Å². The van der Waals surface area contributed by atoms with E-state index in [4.69, 9.17) is 9.15 Å². The number of hydrogen-bond acceptors (Lipinski definition) is 4. The van der Waals surface area contributed by atoms with Crippen LogP contribution >= 0.6 is 0 Å².